The van der Waals surface area contributed by atoms with Crippen molar-refractivity contribution in [1.29, 1.82) is 0 Å². The van der Waals surface area contributed by atoms with Crippen LogP contribution >= 0.6 is 11.6 Å². The zero-order valence-corrected chi connectivity index (χ0v) is 11.2. The van der Waals surface area contributed by atoms with E-state index in [9.17, 15) is 4.79 Å². The first-order valence-electron chi connectivity index (χ1n) is 5.99. The van der Waals surface area contributed by atoms with Crippen LogP contribution in [0.1, 0.15) is 22.8 Å². The molecule has 5 heteroatoms. The number of amides is 1. The molecule has 2 heterocycles. The Labute approximate surface area is 111 Å². The molecule has 0 aromatic heterocycles. The summed E-state index contributed by atoms with van der Waals surface area (Å²) in [4.78, 5) is 14.4. The van der Waals surface area contributed by atoms with Gasteiger partial charge in [-0.2, -0.15) is 0 Å². The minimum absolute atomic E-state index is 0.0216. The summed E-state index contributed by atoms with van der Waals surface area (Å²) < 4.78 is 5.31. The van der Waals surface area contributed by atoms with E-state index >= 15 is 0 Å². The molecule has 0 saturated carbocycles. The third-order valence-corrected chi connectivity index (χ3v) is 4.23. The van der Waals surface area contributed by atoms with Gasteiger partial charge >= 0.3 is 0 Å². The Morgan fingerprint density at radius 1 is 1.50 bits per heavy atom. The van der Waals surface area contributed by atoms with Crippen LogP contribution in [-0.4, -0.2) is 37.6 Å². The first-order chi connectivity index (χ1) is 8.59. The van der Waals surface area contributed by atoms with Gasteiger partial charge < -0.3 is 15.0 Å². The van der Waals surface area contributed by atoms with Crippen molar-refractivity contribution in [2.45, 2.75) is 12.5 Å². The van der Waals surface area contributed by atoms with Crippen LogP contribution in [0.2, 0.25) is 5.02 Å². The predicted octanol–water partition coefficient (Wildman–Crippen LogP) is 1.62. The molecule has 18 heavy (non-hydrogen) atoms. The number of nitrogens with zero attached hydrogens (tertiary/aromatic N) is 1. The summed E-state index contributed by atoms with van der Waals surface area (Å²) >= 11 is 6.10. The van der Waals surface area contributed by atoms with E-state index in [1.54, 1.807) is 13.2 Å². The quantitative estimate of drug-likeness (QED) is 0.840. The summed E-state index contributed by atoms with van der Waals surface area (Å²) in [6.45, 7) is 4.38. The Balaban J connectivity index is 2.25. The van der Waals surface area contributed by atoms with E-state index in [1.165, 1.54) is 0 Å². The molecular weight excluding hydrogens is 252 g/mol. The number of piperazine rings is 1. The van der Waals surface area contributed by atoms with Crippen molar-refractivity contribution >= 4 is 17.5 Å². The molecule has 1 amide bonds. The summed E-state index contributed by atoms with van der Waals surface area (Å²) in [5.74, 6) is 0.517. The molecule has 0 unspecified atom stereocenters. The Hall–Kier alpha value is -1.26. The normalized spacial score (nSPS) is 25.9. The standard InChI is InChI=1S/C13H15ClN2O2/c1-13-7-15-5-6-16(13)12(17)10-8(13)3-4-9(14)11(10)18-2/h3-4,15H,5-7H2,1-2H3/t13-/m0/s1. The molecule has 3 rings (SSSR count). The summed E-state index contributed by atoms with van der Waals surface area (Å²) in [6.07, 6.45) is 0. The number of halogens is 1. The monoisotopic (exact) mass is 266 g/mol. The van der Waals surface area contributed by atoms with E-state index in [-0.39, 0.29) is 11.4 Å². The summed E-state index contributed by atoms with van der Waals surface area (Å²) in [6, 6.07) is 3.74. The highest BCUT2D eigenvalue weighted by Gasteiger charge is 2.49. The summed E-state index contributed by atoms with van der Waals surface area (Å²) in [7, 11) is 1.55. The zero-order valence-electron chi connectivity index (χ0n) is 10.4. The van der Waals surface area contributed by atoms with Crippen LogP contribution in [0.15, 0.2) is 12.1 Å². The molecule has 2 aliphatic rings. The Morgan fingerprint density at radius 3 is 3.00 bits per heavy atom. The maximum Gasteiger partial charge on any atom is 0.258 e. The topological polar surface area (TPSA) is 41.6 Å². The third kappa shape index (κ3) is 1.33. The van der Waals surface area contributed by atoms with Crippen LogP contribution < -0.4 is 10.1 Å². The molecule has 1 aromatic rings. The number of hydrogen-bond donors (Lipinski definition) is 1. The molecular formula is C13H15ClN2O2. The number of methoxy groups -OCH3 is 1. The number of hydrogen-bond acceptors (Lipinski definition) is 3. The molecule has 0 aliphatic carbocycles. The molecule has 4 nitrogen and oxygen atoms in total. The van der Waals surface area contributed by atoms with Crippen LogP contribution in [0, 0.1) is 0 Å². The lowest BCUT2D eigenvalue weighted by Gasteiger charge is -2.40. The molecule has 1 aromatic carbocycles. The minimum atomic E-state index is -0.289. The van der Waals surface area contributed by atoms with Gasteiger partial charge in [0.15, 0.2) is 5.75 Å². The molecule has 1 fully saturated rings. The molecule has 0 radical (unpaired) electrons. The molecule has 1 N–H and O–H groups in total. The van der Waals surface area contributed by atoms with Crippen LogP contribution in [0.5, 0.6) is 5.75 Å². The van der Waals surface area contributed by atoms with Crippen molar-refractivity contribution in [2.75, 3.05) is 26.7 Å². The van der Waals surface area contributed by atoms with E-state index in [1.807, 2.05) is 11.0 Å². The second-order valence-corrected chi connectivity index (χ2v) is 5.32. The van der Waals surface area contributed by atoms with Crippen molar-refractivity contribution in [1.82, 2.24) is 10.2 Å². The van der Waals surface area contributed by atoms with Crippen LogP contribution in [0.25, 0.3) is 0 Å². The lowest BCUT2D eigenvalue weighted by molar-refractivity contribution is 0.0509. The van der Waals surface area contributed by atoms with Gasteiger partial charge in [-0.25, -0.2) is 0 Å². The number of ether oxygens (including phenoxy) is 1. The minimum Gasteiger partial charge on any atom is -0.494 e. The van der Waals surface area contributed by atoms with Gasteiger partial charge in [0.05, 0.1) is 23.2 Å². The Bertz CT molecular complexity index is 532. The molecule has 2 aliphatic heterocycles. The lowest BCUT2D eigenvalue weighted by atomic mass is 9.90. The van der Waals surface area contributed by atoms with Crippen LogP contribution in [0.3, 0.4) is 0 Å². The van der Waals surface area contributed by atoms with Gasteiger partial charge in [0.25, 0.3) is 5.91 Å². The van der Waals surface area contributed by atoms with Crippen molar-refractivity contribution in [3.8, 4) is 5.75 Å². The van der Waals surface area contributed by atoms with Crippen molar-refractivity contribution in [3.63, 3.8) is 0 Å². The highest BCUT2D eigenvalue weighted by Crippen LogP contribution is 2.45. The highest BCUT2D eigenvalue weighted by atomic mass is 35.5. The van der Waals surface area contributed by atoms with Crippen molar-refractivity contribution in [3.05, 3.63) is 28.3 Å². The van der Waals surface area contributed by atoms with E-state index in [0.29, 0.717) is 22.9 Å². The second-order valence-electron chi connectivity index (χ2n) is 4.91. The molecule has 1 saturated heterocycles. The fraction of sp³-hybridized carbons (Fsp3) is 0.462. The number of carbonyl (C=O) groups is 1. The van der Waals surface area contributed by atoms with Gasteiger partial charge in [0, 0.05) is 19.6 Å². The lowest BCUT2D eigenvalue weighted by Crippen LogP contribution is -2.55. The number of benzene rings is 1. The first kappa shape index (κ1) is 11.8. The fourth-order valence-corrected chi connectivity index (χ4v) is 3.22. The molecule has 0 spiro atoms. The number of carbonyl (C=O) groups excluding carboxylic acids is 1. The van der Waals surface area contributed by atoms with Gasteiger partial charge in [-0.3, -0.25) is 4.79 Å². The van der Waals surface area contributed by atoms with Gasteiger partial charge in [-0.05, 0) is 18.6 Å². The smallest absolute Gasteiger partial charge is 0.258 e. The van der Waals surface area contributed by atoms with Gasteiger partial charge in [-0.1, -0.05) is 17.7 Å². The maximum absolute atomic E-state index is 12.5. The van der Waals surface area contributed by atoms with Gasteiger partial charge in [-0.15, -0.1) is 0 Å². The van der Waals surface area contributed by atoms with E-state index in [2.05, 4.69) is 12.2 Å². The highest BCUT2D eigenvalue weighted by molar-refractivity contribution is 6.33. The van der Waals surface area contributed by atoms with E-state index < -0.39 is 0 Å². The summed E-state index contributed by atoms with van der Waals surface area (Å²) in [5.41, 5.74) is 1.33. The fourth-order valence-electron chi connectivity index (χ4n) is 2.98. The first-order valence-corrected chi connectivity index (χ1v) is 6.37. The van der Waals surface area contributed by atoms with E-state index in [0.717, 1.165) is 18.7 Å². The van der Waals surface area contributed by atoms with E-state index in [4.69, 9.17) is 16.3 Å². The number of rotatable bonds is 1. The number of nitrogens with one attached hydrogen (secondary N) is 1. The van der Waals surface area contributed by atoms with Crippen molar-refractivity contribution < 1.29 is 9.53 Å². The van der Waals surface area contributed by atoms with Crippen LogP contribution in [-0.2, 0) is 5.54 Å². The SMILES string of the molecule is COc1c(Cl)ccc2c1C(=O)N1CCNC[C@@]21C. The third-order valence-electron chi connectivity index (χ3n) is 3.93. The van der Waals surface area contributed by atoms with Crippen molar-refractivity contribution in [2.24, 2.45) is 0 Å². The van der Waals surface area contributed by atoms with Gasteiger partial charge in [0.1, 0.15) is 0 Å². The predicted molar refractivity (Wildman–Crippen MR) is 69.3 cm³/mol. The number of fused-ring (bicyclic) bond motifs is 3. The second kappa shape index (κ2) is 3.87. The Morgan fingerprint density at radius 2 is 2.28 bits per heavy atom. The maximum atomic E-state index is 12.5. The largest absolute Gasteiger partial charge is 0.494 e. The molecule has 96 valence electrons. The van der Waals surface area contributed by atoms with Gasteiger partial charge in [0.2, 0.25) is 0 Å². The zero-order chi connectivity index (χ0) is 12.9. The summed E-state index contributed by atoms with van der Waals surface area (Å²) in [5, 5.41) is 3.83. The molecule has 1 atom stereocenters. The average Bonchev–Trinajstić information content (AvgIpc) is 2.59. The Kier molecular flexibility index (Phi) is 2.54. The van der Waals surface area contributed by atoms with Crippen LogP contribution in [0.4, 0.5) is 0 Å². The molecule has 0 bridgehead atoms. The average molecular weight is 267 g/mol.